The second-order valence-corrected chi connectivity index (χ2v) is 12.5. The number of benzene rings is 5. The van der Waals surface area contributed by atoms with Gasteiger partial charge in [0.25, 0.3) is 0 Å². The van der Waals surface area contributed by atoms with E-state index in [1.54, 1.807) is 4.73 Å². The van der Waals surface area contributed by atoms with Gasteiger partial charge in [0.15, 0.2) is 69.8 Å². The maximum atomic E-state index is 15.4. The van der Waals surface area contributed by atoms with Crippen LogP contribution in [0.2, 0.25) is 0 Å². The van der Waals surface area contributed by atoms with E-state index in [1.807, 2.05) is 42.7 Å². The third-order valence-electron chi connectivity index (χ3n) is 9.38. The first-order valence-corrected chi connectivity index (χ1v) is 16.3. The van der Waals surface area contributed by atoms with Gasteiger partial charge < -0.3 is 0 Å². The molecule has 1 unspecified atom stereocenters. The molecule has 0 fully saturated rings. The van der Waals surface area contributed by atoms with Gasteiger partial charge in [-0.2, -0.15) is 0 Å². The van der Waals surface area contributed by atoms with E-state index in [4.69, 9.17) is 4.84 Å². The molecular weight excluding hydrogens is 877 g/mol. The zero-order chi connectivity index (χ0) is 45.2. The lowest BCUT2D eigenvalue weighted by atomic mass is 9.12. The Labute approximate surface area is 326 Å². The molecule has 1 heterocycles. The van der Waals surface area contributed by atoms with Crippen molar-refractivity contribution in [2.24, 2.45) is 0 Å². The average Bonchev–Trinajstić information content (AvgIpc) is 3.66. The van der Waals surface area contributed by atoms with E-state index in [-0.39, 0.29) is 6.10 Å². The lowest BCUT2D eigenvalue weighted by molar-refractivity contribution is -0.898. The summed E-state index contributed by atoms with van der Waals surface area (Å²) in [4.78, 5) is 5.83. The molecule has 1 aromatic heterocycles. The average molecular weight is 889 g/mol. The van der Waals surface area contributed by atoms with Crippen molar-refractivity contribution in [3.63, 3.8) is 0 Å². The quantitative estimate of drug-likeness (QED) is 0.0544. The van der Waals surface area contributed by atoms with Crippen LogP contribution in [0.4, 0.5) is 87.8 Å². The van der Waals surface area contributed by atoms with E-state index < -0.39 is 144 Å². The minimum atomic E-state index is -7.22. The first kappa shape index (κ1) is 44.0. The van der Waals surface area contributed by atoms with E-state index in [2.05, 4.69) is 24.3 Å². The Bertz CT molecular complexity index is 2420. The normalized spacial score (nSPS) is 13.3. The van der Waals surface area contributed by atoms with Gasteiger partial charge in [-0.05, 0) is 11.6 Å². The molecule has 0 radical (unpaired) electrons. The Kier molecular flexibility index (Phi) is 11.6. The molecule has 2 nitrogen and oxygen atoms in total. The number of hydrogen-bond donors (Lipinski definition) is 0. The molecule has 318 valence electrons. The van der Waals surface area contributed by atoms with Crippen molar-refractivity contribution < 1.29 is 97.4 Å². The predicted molar refractivity (Wildman–Crippen MR) is 171 cm³/mol. The molecule has 23 heteroatoms. The summed E-state index contributed by atoms with van der Waals surface area (Å²) in [5.74, 6) is -71.4. The van der Waals surface area contributed by atoms with Crippen molar-refractivity contribution in [1.82, 2.24) is 0 Å². The topological polar surface area (TPSA) is 13.1 Å². The molecule has 0 bridgehead atoms. The number of aromatic nitrogens is 1. The molecule has 0 saturated heterocycles. The van der Waals surface area contributed by atoms with Gasteiger partial charge in [-0.3, -0.25) is 4.84 Å². The van der Waals surface area contributed by atoms with Crippen LogP contribution in [0.5, 0.6) is 0 Å². The summed E-state index contributed by atoms with van der Waals surface area (Å²) in [6.45, 7) is 0. The molecular formula is C38H12BF20NO. The van der Waals surface area contributed by atoms with Crippen LogP contribution in [0.3, 0.4) is 0 Å². The van der Waals surface area contributed by atoms with Crippen molar-refractivity contribution in [2.45, 2.75) is 6.10 Å². The molecule has 7 rings (SSSR count). The van der Waals surface area contributed by atoms with E-state index in [0.717, 1.165) is 0 Å². The molecule has 61 heavy (non-hydrogen) atoms. The highest BCUT2D eigenvalue weighted by molar-refractivity contribution is 7.20. The third-order valence-corrected chi connectivity index (χ3v) is 9.38. The molecule has 6 aromatic rings. The summed E-state index contributed by atoms with van der Waals surface area (Å²) in [6, 6.07) is 14.2. The smallest absolute Gasteiger partial charge is 0.222 e. The highest BCUT2D eigenvalue weighted by Crippen LogP contribution is 2.31. The van der Waals surface area contributed by atoms with E-state index in [0.29, 0.717) is 0 Å². The first-order valence-electron chi connectivity index (χ1n) is 16.3. The number of rotatable bonds is 6. The lowest BCUT2D eigenvalue weighted by Crippen LogP contribution is -2.81. The van der Waals surface area contributed by atoms with Crippen molar-refractivity contribution in [1.29, 1.82) is 0 Å². The van der Waals surface area contributed by atoms with Gasteiger partial charge in [0.2, 0.25) is 18.5 Å². The molecule has 0 aliphatic heterocycles. The van der Waals surface area contributed by atoms with Crippen LogP contribution in [0, 0.1) is 116 Å². The van der Waals surface area contributed by atoms with Gasteiger partial charge in [-0.25, -0.2) is 87.8 Å². The van der Waals surface area contributed by atoms with E-state index in [1.165, 1.54) is 11.1 Å². The Morgan fingerprint density at radius 3 is 0.934 bits per heavy atom. The van der Waals surface area contributed by atoms with Gasteiger partial charge in [0.05, 0.1) is 0 Å². The molecule has 0 saturated carbocycles. The van der Waals surface area contributed by atoms with Crippen LogP contribution in [0.15, 0.2) is 60.9 Å². The third kappa shape index (κ3) is 6.69. The maximum absolute atomic E-state index is 15.4. The lowest BCUT2D eigenvalue weighted by Gasteiger charge is -2.44. The summed E-state index contributed by atoms with van der Waals surface area (Å²) in [5.41, 5.74) is -11.9. The van der Waals surface area contributed by atoms with Crippen LogP contribution in [0.25, 0.3) is 6.08 Å². The number of fused-ring (bicyclic) bond motifs is 1. The number of halogens is 20. The second kappa shape index (κ2) is 16.1. The second-order valence-electron chi connectivity index (χ2n) is 12.5. The number of pyridine rings is 1. The van der Waals surface area contributed by atoms with Crippen LogP contribution in [-0.2, 0) is 0 Å². The highest BCUT2D eigenvalue weighted by atomic mass is 19.2. The van der Waals surface area contributed by atoms with Crippen molar-refractivity contribution in [3.8, 4) is 0 Å². The molecule has 0 spiro atoms. The standard InChI is InChI=1S/C24BF20.C14H12NO/c26-5-1(6(27)14(35)21(42)13(5)34)25(2-7(28)15(36)22(43)16(37)8(2)29,3-9(30)17(38)23(44)18(39)10(3)31)4-11(32)19(40)24(45)20(41)12(4)33;1-4-10-15(11-5-1)16-14-9-8-12-6-2-3-7-13(12)14/h;1-11,14H/q-1;+1. The van der Waals surface area contributed by atoms with Gasteiger partial charge >= 0.3 is 0 Å². The minimum Gasteiger partial charge on any atom is -0.259 e. The van der Waals surface area contributed by atoms with Gasteiger partial charge in [0, 0.05) is 22.4 Å². The Balaban J connectivity index is 0.000000321. The van der Waals surface area contributed by atoms with Crippen molar-refractivity contribution in [2.75, 3.05) is 0 Å². The summed E-state index contributed by atoms with van der Waals surface area (Å²) >= 11 is 0. The summed E-state index contributed by atoms with van der Waals surface area (Å²) in [5, 5.41) is 0. The summed E-state index contributed by atoms with van der Waals surface area (Å²) in [7, 11) is 0. The fourth-order valence-electron chi connectivity index (χ4n) is 6.77. The molecule has 1 atom stereocenters. The van der Waals surface area contributed by atoms with Crippen LogP contribution in [-0.4, -0.2) is 6.15 Å². The minimum absolute atomic E-state index is 0.0172. The molecule has 1 aliphatic rings. The molecule has 0 N–H and O–H groups in total. The van der Waals surface area contributed by atoms with E-state index >= 15 is 35.1 Å². The highest BCUT2D eigenvalue weighted by Gasteiger charge is 2.52. The number of nitrogens with zero attached hydrogens (tertiary/aromatic N) is 1. The van der Waals surface area contributed by atoms with Crippen molar-refractivity contribution in [3.05, 3.63) is 188 Å². The Morgan fingerprint density at radius 2 is 0.623 bits per heavy atom. The van der Waals surface area contributed by atoms with Crippen LogP contribution in [0.1, 0.15) is 17.2 Å². The largest absolute Gasteiger partial charge is 0.259 e. The molecule has 0 amide bonds. The van der Waals surface area contributed by atoms with Crippen LogP contribution < -0.4 is 31.4 Å². The Hall–Kier alpha value is -6.55. The van der Waals surface area contributed by atoms with Crippen LogP contribution >= 0.6 is 0 Å². The predicted octanol–water partition coefficient (Wildman–Crippen LogP) is 8.02. The van der Waals surface area contributed by atoms with Crippen molar-refractivity contribution >= 4 is 34.1 Å². The first-order chi connectivity index (χ1) is 28.6. The monoisotopic (exact) mass is 889 g/mol. The molecule has 5 aromatic carbocycles. The fourth-order valence-corrected chi connectivity index (χ4v) is 6.77. The fraction of sp³-hybridized carbons (Fsp3) is 0.0263. The summed E-state index contributed by atoms with van der Waals surface area (Å²) in [6.07, 6.45) is 0.770. The number of hydrogen-bond acceptors (Lipinski definition) is 1. The molecule has 1 aliphatic carbocycles. The SMILES string of the molecule is C1=CC(O[n+]2ccccc2)c2ccccc21.Fc1c(F)c(F)c([B-](c2c(F)c(F)c(F)c(F)c2F)(c2c(F)c(F)c(F)c(F)c2F)c2c(F)c(F)c(F)c(F)c2F)c(F)c1F. The zero-order valence-corrected chi connectivity index (χ0v) is 28.9. The van der Waals surface area contributed by atoms with E-state index in [9.17, 15) is 52.7 Å². The van der Waals surface area contributed by atoms with Gasteiger partial charge in [0.1, 0.15) is 52.7 Å². The Morgan fingerprint density at radius 1 is 0.344 bits per heavy atom. The summed E-state index contributed by atoms with van der Waals surface area (Å²) < 4.78 is 296. The zero-order valence-electron chi connectivity index (χ0n) is 28.9. The maximum Gasteiger partial charge on any atom is 0.222 e. The van der Waals surface area contributed by atoms with Gasteiger partial charge in [-0.15, -0.1) is 21.9 Å². The van der Waals surface area contributed by atoms with Gasteiger partial charge in [-0.1, -0.05) is 36.4 Å².